The molecule has 0 bridgehead atoms. The van der Waals surface area contributed by atoms with Crippen molar-refractivity contribution in [1.82, 2.24) is 0 Å². The molecule has 106 valence electrons. The van der Waals surface area contributed by atoms with Crippen LogP contribution < -0.4 is 10.6 Å². The van der Waals surface area contributed by atoms with Crippen LogP contribution in [0.3, 0.4) is 0 Å². The molecule has 0 spiro atoms. The lowest BCUT2D eigenvalue weighted by molar-refractivity contribution is -0.121. The summed E-state index contributed by atoms with van der Waals surface area (Å²) < 4.78 is 0. The molecule has 1 unspecified atom stereocenters. The highest BCUT2D eigenvalue weighted by Gasteiger charge is 2.40. The van der Waals surface area contributed by atoms with Crippen molar-refractivity contribution in [1.29, 1.82) is 0 Å². The van der Waals surface area contributed by atoms with E-state index in [-0.39, 0.29) is 18.2 Å². The number of nitrogens with zero attached hydrogens (tertiary/aromatic N) is 1. The summed E-state index contributed by atoms with van der Waals surface area (Å²) >= 11 is 0. The Morgan fingerprint density at radius 2 is 1.76 bits per heavy atom. The second-order valence-corrected chi connectivity index (χ2v) is 5.23. The highest BCUT2D eigenvalue weighted by atomic mass is 16.2. The molecule has 4 nitrogen and oxygen atoms in total. The van der Waals surface area contributed by atoms with Gasteiger partial charge in [-0.15, -0.1) is 0 Å². The molecule has 2 aromatic carbocycles. The molecule has 0 saturated carbocycles. The maximum Gasteiger partial charge on any atom is 0.241 e. The van der Waals surface area contributed by atoms with Crippen molar-refractivity contribution in [2.75, 3.05) is 10.6 Å². The minimum Gasteiger partial charge on any atom is -0.398 e. The van der Waals surface area contributed by atoms with Crippen LogP contribution in [-0.2, 0) is 9.59 Å². The van der Waals surface area contributed by atoms with E-state index in [0.29, 0.717) is 11.4 Å². The molecule has 0 aliphatic carbocycles. The molecule has 3 rings (SSSR count). The van der Waals surface area contributed by atoms with E-state index in [1.165, 1.54) is 4.90 Å². The van der Waals surface area contributed by atoms with Crippen LogP contribution in [0.5, 0.6) is 0 Å². The first kappa shape index (κ1) is 13.4. The van der Waals surface area contributed by atoms with Gasteiger partial charge in [0.05, 0.1) is 11.6 Å². The number of rotatable bonds is 2. The summed E-state index contributed by atoms with van der Waals surface area (Å²) in [5.74, 6) is -0.762. The molecule has 0 radical (unpaired) electrons. The van der Waals surface area contributed by atoms with Gasteiger partial charge in [0.1, 0.15) is 0 Å². The Bertz CT molecular complexity index is 710. The Kier molecular flexibility index (Phi) is 3.22. The summed E-state index contributed by atoms with van der Waals surface area (Å²) in [7, 11) is 0. The Balaban J connectivity index is 2.00. The number of carbonyl (C=O) groups excluding carboxylic acids is 2. The number of benzene rings is 2. The number of nitrogen functional groups attached to an aromatic ring is 1. The normalized spacial score (nSPS) is 18.3. The summed E-state index contributed by atoms with van der Waals surface area (Å²) in [6, 6.07) is 14.7. The molecule has 1 fully saturated rings. The molecular weight excluding hydrogens is 264 g/mol. The number of imide groups is 1. The van der Waals surface area contributed by atoms with Gasteiger partial charge in [-0.05, 0) is 30.2 Å². The van der Waals surface area contributed by atoms with Crippen molar-refractivity contribution in [3.05, 3.63) is 59.7 Å². The van der Waals surface area contributed by atoms with Crippen LogP contribution >= 0.6 is 0 Å². The SMILES string of the molecule is Cc1c(N)cccc1N1C(=O)CC(c2ccccc2)C1=O. The fourth-order valence-corrected chi connectivity index (χ4v) is 2.71. The Labute approximate surface area is 123 Å². The van der Waals surface area contributed by atoms with Crippen molar-refractivity contribution in [2.24, 2.45) is 0 Å². The maximum absolute atomic E-state index is 12.6. The van der Waals surface area contributed by atoms with Gasteiger partial charge in [0.2, 0.25) is 11.8 Å². The fourth-order valence-electron chi connectivity index (χ4n) is 2.71. The first-order chi connectivity index (χ1) is 10.1. The van der Waals surface area contributed by atoms with Crippen LogP contribution in [0.15, 0.2) is 48.5 Å². The third kappa shape index (κ3) is 2.18. The lowest BCUT2D eigenvalue weighted by Crippen LogP contribution is -2.30. The van der Waals surface area contributed by atoms with Crippen LogP contribution in [0.1, 0.15) is 23.5 Å². The molecule has 2 amide bonds. The van der Waals surface area contributed by atoms with Crippen LogP contribution in [0.4, 0.5) is 11.4 Å². The number of anilines is 2. The molecular formula is C17H16N2O2. The topological polar surface area (TPSA) is 63.4 Å². The zero-order valence-corrected chi connectivity index (χ0v) is 11.7. The van der Waals surface area contributed by atoms with E-state index < -0.39 is 5.92 Å². The minimum absolute atomic E-state index is 0.178. The van der Waals surface area contributed by atoms with E-state index >= 15 is 0 Å². The van der Waals surface area contributed by atoms with Gasteiger partial charge in [-0.1, -0.05) is 36.4 Å². The summed E-state index contributed by atoms with van der Waals surface area (Å²) in [5, 5.41) is 0. The fraction of sp³-hybridized carbons (Fsp3) is 0.176. The molecule has 1 saturated heterocycles. The Hall–Kier alpha value is -2.62. The molecule has 1 aliphatic rings. The Morgan fingerprint density at radius 3 is 2.48 bits per heavy atom. The van der Waals surface area contributed by atoms with Crippen LogP contribution in [-0.4, -0.2) is 11.8 Å². The molecule has 1 atom stereocenters. The van der Waals surface area contributed by atoms with Gasteiger partial charge in [-0.2, -0.15) is 0 Å². The smallest absolute Gasteiger partial charge is 0.241 e. The van der Waals surface area contributed by atoms with E-state index in [2.05, 4.69) is 0 Å². The van der Waals surface area contributed by atoms with Gasteiger partial charge in [-0.25, -0.2) is 4.90 Å². The molecule has 1 aliphatic heterocycles. The van der Waals surface area contributed by atoms with Gasteiger partial charge in [0.15, 0.2) is 0 Å². The zero-order chi connectivity index (χ0) is 15.0. The Morgan fingerprint density at radius 1 is 1.05 bits per heavy atom. The third-order valence-corrected chi connectivity index (χ3v) is 3.94. The maximum atomic E-state index is 12.6. The first-order valence-corrected chi connectivity index (χ1v) is 6.86. The van der Waals surface area contributed by atoms with Crippen LogP contribution in [0, 0.1) is 6.92 Å². The molecule has 4 heteroatoms. The average Bonchev–Trinajstić information content (AvgIpc) is 2.78. The van der Waals surface area contributed by atoms with E-state index in [1.807, 2.05) is 37.3 Å². The molecule has 2 aromatic rings. The highest BCUT2D eigenvalue weighted by Crippen LogP contribution is 2.35. The summed E-state index contributed by atoms with van der Waals surface area (Å²) in [6.45, 7) is 1.82. The molecule has 0 aromatic heterocycles. The molecule has 2 N–H and O–H groups in total. The standard InChI is InChI=1S/C17H16N2O2/c1-11-14(18)8-5-9-15(11)19-16(20)10-13(17(19)21)12-6-3-2-4-7-12/h2-9,13H,10,18H2,1H3. The van der Waals surface area contributed by atoms with E-state index in [4.69, 9.17) is 5.73 Å². The quantitative estimate of drug-likeness (QED) is 0.679. The summed E-state index contributed by atoms with van der Waals surface area (Å²) in [5.41, 5.74) is 8.67. The first-order valence-electron chi connectivity index (χ1n) is 6.86. The zero-order valence-electron chi connectivity index (χ0n) is 11.7. The molecule has 1 heterocycles. The largest absolute Gasteiger partial charge is 0.398 e. The number of hydrogen-bond acceptors (Lipinski definition) is 3. The van der Waals surface area contributed by atoms with Crippen molar-refractivity contribution in [3.8, 4) is 0 Å². The number of carbonyl (C=O) groups is 2. The van der Waals surface area contributed by atoms with Gasteiger partial charge in [0, 0.05) is 12.1 Å². The lowest BCUT2D eigenvalue weighted by Gasteiger charge is -2.18. The predicted octanol–water partition coefficient (Wildman–Crippen LogP) is 2.62. The van der Waals surface area contributed by atoms with Crippen molar-refractivity contribution in [2.45, 2.75) is 19.3 Å². The van der Waals surface area contributed by atoms with Gasteiger partial charge in [0.25, 0.3) is 0 Å². The number of nitrogens with two attached hydrogens (primary N) is 1. The number of amides is 2. The van der Waals surface area contributed by atoms with Crippen molar-refractivity contribution in [3.63, 3.8) is 0 Å². The summed E-state index contributed by atoms with van der Waals surface area (Å²) in [4.78, 5) is 26.2. The van der Waals surface area contributed by atoms with Crippen molar-refractivity contribution >= 4 is 23.2 Å². The van der Waals surface area contributed by atoms with Gasteiger partial charge in [-0.3, -0.25) is 9.59 Å². The second kappa shape index (κ2) is 5.05. The number of hydrogen-bond donors (Lipinski definition) is 1. The van der Waals surface area contributed by atoms with Crippen LogP contribution in [0.25, 0.3) is 0 Å². The predicted molar refractivity (Wildman–Crippen MR) is 81.9 cm³/mol. The van der Waals surface area contributed by atoms with E-state index in [1.54, 1.807) is 18.2 Å². The minimum atomic E-state index is -0.403. The second-order valence-electron chi connectivity index (χ2n) is 5.23. The highest BCUT2D eigenvalue weighted by molar-refractivity contribution is 6.23. The van der Waals surface area contributed by atoms with E-state index in [9.17, 15) is 9.59 Å². The lowest BCUT2D eigenvalue weighted by atomic mass is 9.98. The summed E-state index contributed by atoms with van der Waals surface area (Å²) in [6.07, 6.45) is 0.205. The molecule has 21 heavy (non-hydrogen) atoms. The third-order valence-electron chi connectivity index (χ3n) is 3.94. The monoisotopic (exact) mass is 280 g/mol. The van der Waals surface area contributed by atoms with Gasteiger partial charge >= 0.3 is 0 Å². The van der Waals surface area contributed by atoms with Crippen LogP contribution in [0.2, 0.25) is 0 Å². The van der Waals surface area contributed by atoms with E-state index in [0.717, 1.165) is 11.1 Å². The van der Waals surface area contributed by atoms with Gasteiger partial charge < -0.3 is 5.73 Å². The van der Waals surface area contributed by atoms with Crippen molar-refractivity contribution < 1.29 is 9.59 Å². The average molecular weight is 280 g/mol.